The third-order valence-electron chi connectivity index (χ3n) is 5.32. The van der Waals surface area contributed by atoms with Crippen molar-refractivity contribution in [3.05, 3.63) is 68.6 Å². The van der Waals surface area contributed by atoms with Gasteiger partial charge >= 0.3 is 0 Å². The molecule has 1 saturated heterocycles. The van der Waals surface area contributed by atoms with Crippen LogP contribution in [0.25, 0.3) is 22.5 Å². The first-order valence-electron chi connectivity index (χ1n) is 10.1. The molecule has 0 unspecified atom stereocenters. The van der Waals surface area contributed by atoms with Crippen molar-refractivity contribution < 1.29 is 4.79 Å². The van der Waals surface area contributed by atoms with Gasteiger partial charge in [0.2, 0.25) is 0 Å². The topological polar surface area (TPSA) is 61.9 Å². The van der Waals surface area contributed by atoms with Gasteiger partial charge in [0, 0.05) is 41.2 Å². The number of aromatic nitrogens is 3. The zero-order valence-corrected chi connectivity index (χ0v) is 18.4. The molecule has 5 rings (SSSR count). The van der Waals surface area contributed by atoms with Gasteiger partial charge in [-0.15, -0.1) is 22.7 Å². The van der Waals surface area contributed by atoms with Crippen molar-refractivity contribution in [2.45, 2.75) is 26.2 Å². The Kier molecular flexibility index (Phi) is 5.23. The molecule has 152 valence electrons. The van der Waals surface area contributed by atoms with Crippen molar-refractivity contribution in [1.29, 1.82) is 0 Å². The monoisotopic (exact) mass is 434 g/mol. The van der Waals surface area contributed by atoms with Crippen LogP contribution in [0.2, 0.25) is 0 Å². The SMILES string of the molecule is Cc1cccc(-c2csc(Cc3nc(-c4c[nH]c(C(=O)N5CCCC5)c4)cs3)n2)c1. The molecule has 5 nitrogen and oxygen atoms in total. The quantitative estimate of drug-likeness (QED) is 0.458. The predicted molar refractivity (Wildman–Crippen MR) is 122 cm³/mol. The number of thiazole rings is 2. The molecule has 0 atom stereocenters. The van der Waals surface area contributed by atoms with Crippen LogP contribution < -0.4 is 0 Å². The minimum atomic E-state index is 0.0840. The van der Waals surface area contributed by atoms with Gasteiger partial charge in [-0.05, 0) is 31.9 Å². The first-order valence-corrected chi connectivity index (χ1v) is 11.9. The summed E-state index contributed by atoms with van der Waals surface area (Å²) in [6, 6.07) is 10.3. The molecular weight excluding hydrogens is 412 g/mol. The molecule has 1 amide bonds. The first kappa shape index (κ1) is 19.2. The Morgan fingerprint density at radius 2 is 1.73 bits per heavy atom. The molecule has 0 aliphatic carbocycles. The second-order valence-electron chi connectivity index (χ2n) is 7.60. The number of hydrogen-bond donors (Lipinski definition) is 1. The van der Waals surface area contributed by atoms with Gasteiger partial charge in [0.1, 0.15) is 15.7 Å². The maximum absolute atomic E-state index is 12.5. The minimum absolute atomic E-state index is 0.0840. The zero-order chi connectivity index (χ0) is 20.5. The van der Waals surface area contributed by atoms with Gasteiger partial charge in [-0.25, -0.2) is 9.97 Å². The molecule has 1 aliphatic heterocycles. The number of aromatic amines is 1. The molecule has 1 fully saturated rings. The zero-order valence-electron chi connectivity index (χ0n) is 16.7. The van der Waals surface area contributed by atoms with Crippen molar-refractivity contribution >= 4 is 28.6 Å². The fraction of sp³-hybridized carbons (Fsp3) is 0.261. The normalized spacial score (nSPS) is 13.8. The van der Waals surface area contributed by atoms with Crippen LogP contribution in [-0.2, 0) is 6.42 Å². The molecule has 0 radical (unpaired) electrons. The number of carbonyl (C=O) groups is 1. The van der Waals surface area contributed by atoms with Gasteiger partial charge in [-0.3, -0.25) is 4.79 Å². The Balaban J connectivity index is 1.29. The number of carbonyl (C=O) groups excluding carboxylic acids is 1. The Labute approximate surface area is 183 Å². The van der Waals surface area contributed by atoms with Gasteiger partial charge in [0.25, 0.3) is 5.91 Å². The van der Waals surface area contributed by atoms with Gasteiger partial charge in [0.05, 0.1) is 17.8 Å². The van der Waals surface area contributed by atoms with E-state index < -0.39 is 0 Å². The van der Waals surface area contributed by atoms with Crippen LogP contribution in [0.3, 0.4) is 0 Å². The molecule has 0 bridgehead atoms. The van der Waals surface area contributed by atoms with Gasteiger partial charge in [0.15, 0.2) is 0 Å². The van der Waals surface area contributed by atoms with Crippen LogP contribution in [0.5, 0.6) is 0 Å². The van der Waals surface area contributed by atoms with Crippen molar-refractivity contribution in [3.63, 3.8) is 0 Å². The summed E-state index contributed by atoms with van der Waals surface area (Å²) in [5.41, 5.74) is 5.91. The first-order chi connectivity index (χ1) is 14.7. The molecule has 1 N–H and O–H groups in total. The maximum atomic E-state index is 12.5. The summed E-state index contributed by atoms with van der Waals surface area (Å²) in [6.45, 7) is 3.80. The Bertz CT molecular complexity index is 1180. The lowest BCUT2D eigenvalue weighted by Crippen LogP contribution is -2.27. The Morgan fingerprint density at radius 1 is 1.03 bits per heavy atom. The van der Waals surface area contributed by atoms with E-state index >= 15 is 0 Å². The Hall–Kier alpha value is -2.77. The molecule has 4 aromatic rings. The molecule has 1 aromatic carbocycles. The second kappa shape index (κ2) is 8.16. The number of likely N-dealkylation sites (tertiary alicyclic amines) is 1. The lowest BCUT2D eigenvalue weighted by Gasteiger charge is -2.13. The number of amides is 1. The maximum Gasteiger partial charge on any atom is 0.270 e. The van der Waals surface area contributed by atoms with E-state index in [1.807, 2.05) is 17.2 Å². The predicted octanol–water partition coefficient (Wildman–Crippen LogP) is 5.40. The molecule has 30 heavy (non-hydrogen) atoms. The van der Waals surface area contributed by atoms with E-state index in [1.165, 1.54) is 5.56 Å². The van der Waals surface area contributed by atoms with Crippen molar-refractivity contribution in [3.8, 4) is 22.5 Å². The van der Waals surface area contributed by atoms with Gasteiger partial charge in [-0.1, -0.05) is 23.8 Å². The smallest absolute Gasteiger partial charge is 0.270 e. The van der Waals surface area contributed by atoms with Crippen LogP contribution in [-0.4, -0.2) is 38.8 Å². The molecule has 1 aliphatic rings. The third kappa shape index (κ3) is 3.95. The van der Waals surface area contributed by atoms with E-state index in [2.05, 4.69) is 46.9 Å². The summed E-state index contributed by atoms with van der Waals surface area (Å²) in [5.74, 6) is 0.0840. The van der Waals surface area contributed by atoms with Crippen molar-refractivity contribution in [2.24, 2.45) is 0 Å². The number of aryl methyl sites for hydroxylation is 1. The summed E-state index contributed by atoms with van der Waals surface area (Å²) in [5, 5.41) is 6.26. The molecular formula is C23H22N4OS2. The van der Waals surface area contributed by atoms with Crippen LogP contribution in [0, 0.1) is 6.92 Å². The summed E-state index contributed by atoms with van der Waals surface area (Å²) >= 11 is 3.31. The fourth-order valence-corrected chi connectivity index (χ4v) is 5.45. The lowest BCUT2D eigenvalue weighted by atomic mass is 10.1. The summed E-state index contributed by atoms with van der Waals surface area (Å²) in [7, 11) is 0. The molecule has 0 spiro atoms. The summed E-state index contributed by atoms with van der Waals surface area (Å²) in [6.07, 6.45) is 4.79. The van der Waals surface area contributed by atoms with E-state index in [0.29, 0.717) is 5.69 Å². The number of nitrogens with one attached hydrogen (secondary N) is 1. The fourth-order valence-electron chi connectivity index (χ4n) is 3.74. The van der Waals surface area contributed by atoms with Gasteiger partial charge in [-0.2, -0.15) is 0 Å². The highest BCUT2D eigenvalue weighted by molar-refractivity contribution is 7.11. The number of H-pyrrole nitrogens is 1. The molecule has 3 aromatic heterocycles. The highest BCUT2D eigenvalue weighted by atomic mass is 32.1. The number of hydrogen-bond acceptors (Lipinski definition) is 5. The second-order valence-corrected chi connectivity index (χ2v) is 9.49. The molecule has 7 heteroatoms. The van der Waals surface area contributed by atoms with E-state index in [9.17, 15) is 4.79 Å². The van der Waals surface area contributed by atoms with E-state index in [1.54, 1.807) is 22.7 Å². The van der Waals surface area contributed by atoms with Gasteiger partial charge < -0.3 is 9.88 Å². The molecule has 0 saturated carbocycles. The van der Waals surface area contributed by atoms with Crippen LogP contribution in [0.4, 0.5) is 0 Å². The van der Waals surface area contributed by atoms with Crippen molar-refractivity contribution in [2.75, 3.05) is 13.1 Å². The third-order valence-corrected chi connectivity index (χ3v) is 7.02. The minimum Gasteiger partial charge on any atom is -0.357 e. The average molecular weight is 435 g/mol. The average Bonchev–Trinajstić information content (AvgIpc) is 3.55. The van der Waals surface area contributed by atoms with E-state index in [-0.39, 0.29) is 5.91 Å². The summed E-state index contributed by atoms with van der Waals surface area (Å²) < 4.78 is 0. The highest BCUT2D eigenvalue weighted by Crippen LogP contribution is 2.28. The van der Waals surface area contributed by atoms with Crippen molar-refractivity contribution in [1.82, 2.24) is 19.9 Å². The highest BCUT2D eigenvalue weighted by Gasteiger charge is 2.21. The standard InChI is InChI=1S/C23H22N4OS2/c1-15-5-4-6-16(9-15)19-13-29-21(25-19)11-22-26-20(14-30-22)17-10-18(24-12-17)23(28)27-7-2-3-8-27/h4-6,9-10,12-14,24H,2-3,7-8,11H2,1H3. The number of nitrogens with zero attached hydrogens (tertiary/aromatic N) is 3. The number of rotatable bonds is 5. The van der Waals surface area contributed by atoms with Crippen LogP contribution >= 0.6 is 22.7 Å². The lowest BCUT2D eigenvalue weighted by molar-refractivity contribution is 0.0788. The van der Waals surface area contributed by atoms with E-state index in [4.69, 9.17) is 9.97 Å². The van der Waals surface area contributed by atoms with Crippen LogP contribution in [0.15, 0.2) is 47.3 Å². The van der Waals surface area contributed by atoms with Crippen LogP contribution in [0.1, 0.15) is 38.9 Å². The summed E-state index contributed by atoms with van der Waals surface area (Å²) in [4.78, 5) is 27.2. The molecule has 4 heterocycles. The Morgan fingerprint density at radius 3 is 2.43 bits per heavy atom. The largest absolute Gasteiger partial charge is 0.357 e. The van der Waals surface area contributed by atoms with E-state index in [0.717, 1.165) is 64.9 Å². The number of benzene rings is 1.